The number of nitrogen functional groups attached to an aromatic ring is 1. The molecule has 36 heavy (non-hydrogen) atoms. The molecule has 0 bridgehead atoms. The standard InChI is InChI=1S/C19H20N8O.C5H9F3/c1-2-12(9-20)18(28)27-17-5-3-4-15(25-17)11-24-19(23)26-14-6-7-16(22)13(8-14)10-21;1-2-3-4-5(6,7)8/h2-11,20-21H,22H2,1H3,(H2,23,26)(H,25,27,28);2-4H2,1H3/b12-2+,20-9?,21-10?,24-11+;. The number of aromatic nitrogens is 1. The predicted molar refractivity (Wildman–Crippen MR) is 139 cm³/mol. The average Bonchev–Trinajstić information content (AvgIpc) is 2.83. The van der Waals surface area contributed by atoms with Crippen molar-refractivity contribution in [2.24, 2.45) is 15.7 Å². The number of nitrogens with two attached hydrogens (primary N) is 2. The monoisotopic (exact) mass is 502 g/mol. The summed E-state index contributed by atoms with van der Waals surface area (Å²) in [5.41, 5.74) is 13.8. The number of rotatable bonds is 8. The van der Waals surface area contributed by atoms with Gasteiger partial charge in [0.15, 0.2) is 0 Å². The number of hydrogen-bond acceptors (Lipinski definition) is 6. The van der Waals surface area contributed by atoms with Gasteiger partial charge in [0.25, 0.3) is 5.91 Å². The second kappa shape index (κ2) is 14.8. The second-order valence-corrected chi connectivity index (χ2v) is 7.19. The molecule has 0 unspecified atom stereocenters. The Labute approximate surface area is 207 Å². The van der Waals surface area contributed by atoms with Crippen LogP contribution >= 0.6 is 0 Å². The first-order chi connectivity index (χ1) is 17.0. The molecule has 0 radical (unpaired) electrons. The summed E-state index contributed by atoms with van der Waals surface area (Å²) in [4.78, 5) is 24.4. The molecular formula is C24H29F3N8O. The minimum Gasteiger partial charge on any atom is -0.398 e. The van der Waals surface area contributed by atoms with E-state index in [4.69, 9.17) is 22.3 Å². The Morgan fingerprint density at radius 3 is 2.50 bits per heavy atom. The number of carbonyl (C=O) groups excluding carboxylic acids is 1. The second-order valence-electron chi connectivity index (χ2n) is 7.19. The molecule has 0 aliphatic rings. The van der Waals surface area contributed by atoms with Gasteiger partial charge in [-0.1, -0.05) is 25.5 Å². The van der Waals surface area contributed by atoms with E-state index < -0.39 is 18.5 Å². The molecule has 12 heteroatoms. The van der Waals surface area contributed by atoms with E-state index in [9.17, 15) is 18.0 Å². The van der Waals surface area contributed by atoms with E-state index in [1.54, 1.807) is 50.2 Å². The molecule has 1 heterocycles. The highest BCUT2D eigenvalue weighted by Crippen LogP contribution is 2.21. The van der Waals surface area contributed by atoms with Crippen LogP contribution in [0.15, 0.2) is 58.0 Å². The van der Waals surface area contributed by atoms with Crippen LogP contribution in [-0.4, -0.2) is 41.7 Å². The van der Waals surface area contributed by atoms with Crippen LogP contribution in [0.1, 0.15) is 44.4 Å². The van der Waals surface area contributed by atoms with E-state index >= 15 is 0 Å². The Kier molecular flexibility index (Phi) is 12.2. The number of guanidine groups is 1. The molecule has 7 N–H and O–H groups in total. The maximum absolute atomic E-state index is 12.0. The summed E-state index contributed by atoms with van der Waals surface area (Å²) in [6.45, 7) is 3.41. The van der Waals surface area contributed by atoms with Crippen LogP contribution in [0, 0.1) is 10.8 Å². The number of unbranched alkanes of at least 4 members (excludes halogenated alkanes) is 1. The molecule has 192 valence electrons. The number of halogens is 3. The molecule has 1 aromatic carbocycles. The fourth-order valence-electron chi connectivity index (χ4n) is 2.49. The summed E-state index contributed by atoms with van der Waals surface area (Å²) >= 11 is 0. The predicted octanol–water partition coefficient (Wildman–Crippen LogP) is 5.00. The third-order valence-corrected chi connectivity index (χ3v) is 4.35. The van der Waals surface area contributed by atoms with E-state index in [2.05, 4.69) is 20.3 Å². The Balaban J connectivity index is 0.000000697. The quantitative estimate of drug-likeness (QED) is 0.148. The molecular weight excluding hydrogens is 473 g/mol. The summed E-state index contributed by atoms with van der Waals surface area (Å²) < 4.78 is 33.7. The van der Waals surface area contributed by atoms with E-state index in [0.717, 1.165) is 12.4 Å². The molecule has 0 spiro atoms. The first-order valence-corrected chi connectivity index (χ1v) is 10.8. The van der Waals surface area contributed by atoms with Gasteiger partial charge in [-0.25, -0.2) is 15.0 Å². The van der Waals surface area contributed by atoms with Crippen LogP contribution in [0.5, 0.6) is 0 Å². The van der Waals surface area contributed by atoms with Gasteiger partial charge in [-0.05, 0) is 43.7 Å². The normalized spacial score (nSPS) is 12.0. The molecule has 2 rings (SSSR count). The Bertz CT molecular complexity index is 1140. The molecule has 0 saturated heterocycles. The van der Waals surface area contributed by atoms with Crippen LogP contribution in [0.4, 0.5) is 30.4 Å². The topological polar surface area (TPSA) is 166 Å². The van der Waals surface area contributed by atoms with Crippen molar-refractivity contribution in [2.45, 2.75) is 39.3 Å². The SMILES string of the molecule is C/C=C(\C=N)C(=O)Nc1cccc(/C=N/C(N)=Nc2ccc(N)c(C=N)c2)n1.CCCCC(F)(F)F. The first kappa shape index (κ1) is 29.7. The van der Waals surface area contributed by atoms with Crippen molar-refractivity contribution in [3.63, 3.8) is 0 Å². The summed E-state index contributed by atoms with van der Waals surface area (Å²) in [5.74, 6) is -0.109. The average molecular weight is 503 g/mol. The van der Waals surface area contributed by atoms with Crippen molar-refractivity contribution < 1.29 is 18.0 Å². The molecule has 9 nitrogen and oxygen atoms in total. The number of pyridine rings is 1. The van der Waals surface area contributed by atoms with Crippen LogP contribution < -0.4 is 16.8 Å². The third kappa shape index (κ3) is 11.2. The largest absolute Gasteiger partial charge is 0.398 e. The van der Waals surface area contributed by atoms with Crippen molar-refractivity contribution in [3.8, 4) is 0 Å². The number of benzene rings is 1. The van der Waals surface area contributed by atoms with Gasteiger partial charge in [0, 0.05) is 30.1 Å². The summed E-state index contributed by atoms with van der Waals surface area (Å²) in [5, 5.41) is 17.1. The van der Waals surface area contributed by atoms with Crippen molar-refractivity contribution in [1.29, 1.82) is 10.8 Å². The minimum atomic E-state index is -3.95. The fraction of sp³-hybridized carbons (Fsp3) is 0.250. The number of hydrogen-bond donors (Lipinski definition) is 5. The van der Waals surface area contributed by atoms with Gasteiger partial charge in [0.1, 0.15) is 5.82 Å². The number of alkyl halides is 3. The van der Waals surface area contributed by atoms with Gasteiger partial charge in [0.05, 0.1) is 23.2 Å². The van der Waals surface area contributed by atoms with Gasteiger partial charge in [-0.2, -0.15) is 13.2 Å². The molecule has 0 atom stereocenters. The maximum Gasteiger partial charge on any atom is 0.389 e. The number of allylic oxidation sites excluding steroid dienone is 1. The molecule has 0 fully saturated rings. The zero-order valence-corrected chi connectivity index (χ0v) is 19.9. The minimum absolute atomic E-state index is 0.00282. The van der Waals surface area contributed by atoms with Gasteiger partial charge < -0.3 is 27.6 Å². The van der Waals surface area contributed by atoms with E-state index in [1.165, 1.54) is 12.3 Å². The van der Waals surface area contributed by atoms with E-state index in [0.29, 0.717) is 34.9 Å². The van der Waals surface area contributed by atoms with Crippen LogP contribution in [0.25, 0.3) is 0 Å². The molecule has 1 aromatic heterocycles. The number of carbonyl (C=O) groups is 1. The van der Waals surface area contributed by atoms with E-state index in [1.807, 2.05) is 0 Å². The first-order valence-electron chi connectivity index (χ1n) is 10.8. The molecule has 1 amide bonds. The molecule has 0 aliphatic heterocycles. The Hall–Kier alpha value is -4.35. The van der Waals surface area contributed by atoms with Crippen molar-refractivity contribution in [1.82, 2.24) is 4.98 Å². The lowest BCUT2D eigenvalue weighted by Gasteiger charge is -2.04. The number of amides is 1. The Morgan fingerprint density at radius 1 is 1.22 bits per heavy atom. The number of nitrogens with zero attached hydrogens (tertiary/aromatic N) is 3. The smallest absolute Gasteiger partial charge is 0.389 e. The number of aliphatic imine (C=N–C) groups is 2. The lowest BCUT2D eigenvalue weighted by molar-refractivity contribution is -0.135. The van der Waals surface area contributed by atoms with Crippen LogP contribution in [0.3, 0.4) is 0 Å². The molecule has 0 saturated carbocycles. The van der Waals surface area contributed by atoms with Crippen molar-refractivity contribution >= 4 is 47.7 Å². The summed E-state index contributed by atoms with van der Waals surface area (Å²) in [6.07, 6.45) is 1.33. The number of nitrogens with one attached hydrogen (secondary N) is 3. The highest BCUT2D eigenvalue weighted by Gasteiger charge is 2.25. The fourth-order valence-corrected chi connectivity index (χ4v) is 2.49. The zero-order valence-electron chi connectivity index (χ0n) is 19.9. The van der Waals surface area contributed by atoms with Gasteiger partial charge in [-0.3, -0.25) is 4.79 Å². The van der Waals surface area contributed by atoms with Crippen LogP contribution in [0.2, 0.25) is 0 Å². The lowest BCUT2D eigenvalue weighted by Crippen LogP contribution is -2.16. The van der Waals surface area contributed by atoms with Crippen molar-refractivity contribution in [3.05, 3.63) is 59.3 Å². The van der Waals surface area contributed by atoms with Crippen molar-refractivity contribution in [2.75, 3.05) is 11.1 Å². The number of anilines is 2. The molecule has 2 aromatic rings. The third-order valence-electron chi connectivity index (χ3n) is 4.35. The van der Waals surface area contributed by atoms with Crippen LogP contribution in [-0.2, 0) is 4.79 Å². The zero-order chi connectivity index (χ0) is 27.1. The van der Waals surface area contributed by atoms with E-state index in [-0.39, 0.29) is 18.0 Å². The summed E-state index contributed by atoms with van der Waals surface area (Å²) in [7, 11) is 0. The Morgan fingerprint density at radius 2 is 1.94 bits per heavy atom. The highest BCUT2D eigenvalue weighted by atomic mass is 19.4. The van der Waals surface area contributed by atoms with Gasteiger partial charge in [-0.15, -0.1) is 0 Å². The maximum atomic E-state index is 12.0. The summed E-state index contributed by atoms with van der Waals surface area (Å²) in [6, 6.07) is 9.94. The highest BCUT2D eigenvalue weighted by molar-refractivity contribution is 6.16. The van der Waals surface area contributed by atoms with Gasteiger partial charge >= 0.3 is 6.18 Å². The van der Waals surface area contributed by atoms with Gasteiger partial charge in [0.2, 0.25) is 5.96 Å². The molecule has 0 aliphatic carbocycles. The lowest BCUT2D eigenvalue weighted by atomic mass is 10.2.